The maximum absolute atomic E-state index is 12.5. The number of carbonyl (C=O) groups excluding carboxylic acids is 2. The van der Waals surface area contributed by atoms with Gasteiger partial charge in [0.2, 0.25) is 5.91 Å². The number of hydrogen-bond acceptors (Lipinski definition) is 6. The molecule has 1 aliphatic carbocycles. The van der Waals surface area contributed by atoms with Gasteiger partial charge in [-0.25, -0.2) is 9.78 Å². The van der Waals surface area contributed by atoms with Crippen molar-refractivity contribution >= 4 is 40.0 Å². The second kappa shape index (κ2) is 8.29. The van der Waals surface area contributed by atoms with Crippen molar-refractivity contribution in [3.05, 3.63) is 28.4 Å². The van der Waals surface area contributed by atoms with E-state index in [1.54, 1.807) is 6.20 Å². The molecule has 1 aliphatic rings. The monoisotopic (exact) mass is 421 g/mol. The minimum Gasteiger partial charge on any atom is -0.465 e. The first-order valence-electron chi connectivity index (χ1n) is 9.33. The van der Waals surface area contributed by atoms with Gasteiger partial charge < -0.3 is 14.6 Å². The molecule has 0 saturated heterocycles. The van der Waals surface area contributed by atoms with E-state index in [-0.39, 0.29) is 23.0 Å². The third-order valence-corrected chi connectivity index (χ3v) is 7.47. The van der Waals surface area contributed by atoms with Gasteiger partial charge in [-0.1, -0.05) is 32.5 Å². The molecule has 28 heavy (non-hydrogen) atoms. The summed E-state index contributed by atoms with van der Waals surface area (Å²) >= 11 is 2.89. The van der Waals surface area contributed by atoms with Crippen molar-refractivity contribution in [1.82, 2.24) is 9.55 Å². The number of thiophene rings is 1. The lowest BCUT2D eigenvalue weighted by Crippen LogP contribution is -2.26. The molecule has 2 heterocycles. The first-order valence-corrected chi connectivity index (χ1v) is 11.1. The van der Waals surface area contributed by atoms with E-state index < -0.39 is 0 Å². The fourth-order valence-electron chi connectivity index (χ4n) is 3.51. The molecule has 1 unspecified atom stereocenters. The SMILES string of the molecule is COC(=O)c1c(NC(=O)CSc2nccn2C)sc2c1CCC(C(C)(C)C)C2. The van der Waals surface area contributed by atoms with Crippen LogP contribution in [-0.2, 0) is 29.4 Å². The number of amides is 1. The minimum atomic E-state index is -0.376. The van der Waals surface area contributed by atoms with E-state index >= 15 is 0 Å². The van der Waals surface area contributed by atoms with Crippen molar-refractivity contribution in [2.45, 2.75) is 45.2 Å². The standard InChI is InChI=1S/C20H27N3O3S2/c1-20(2,3)12-6-7-13-14(10-12)28-17(16(13)18(25)26-5)22-15(24)11-27-19-21-8-9-23(19)4/h8-9,12H,6-7,10-11H2,1-5H3,(H,22,24). The normalized spacial score (nSPS) is 16.5. The highest BCUT2D eigenvalue weighted by atomic mass is 32.2. The molecule has 0 fully saturated rings. The van der Waals surface area contributed by atoms with E-state index in [0.717, 1.165) is 30.0 Å². The molecule has 1 atom stereocenters. The van der Waals surface area contributed by atoms with E-state index in [1.807, 2.05) is 17.8 Å². The van der Waals surface area contributed by atoms with Crippen LogP contribution >= 0.6 is 23.1 Å². The number of nitrogens with zero attached hydrogens (tertiary/aromatic N) is 2. The number of imidazole rings is 1. The molecule has 2 aromatic rings. The molecule has 8 heteroatoms. The molecule has 0 radical (unpaired) electrons. The Bertz CT molecular complexity index is 880. The first-order chi connectivity index (χ1) is 13.2. The molecular formula is C20H27N3O3S2. The molecule has 0 aromatic carbocycles. The van der Waals surface area contributed by atoms with Gasteiger partial charge in [0.1, 0.15) is 5.00 Å². The quantitative estimate of drug-likeness (QED) is 0.580. The highest BCUT2D eigenvalue weighted by Gasteiger charge is 2.34. The van der Waals surface area contributed by atoms with E-state index in [9.17, 15) is 9.59 Å². The number of esters is 1. The molecule has 0 aliphatic heterocycles. The summed E-state index contributed by atoms with van der Waals surface area (Å²) in [5.41, 5.74) is 1.80. The summed E-state index contributed by atoms with van der Waals surface area (Å²) in [7, 11) is 3.28. The topological polar surface area (TPSA) is 73.2 Å². The number of aromatic nitrogens is 2. The Hall–Kier alpha value is -1.80. The van der Waals surface area contributed by atoms with Gasteiger partial charge in [-0.15, -0.1) is 11.3 Å². The first kappa shape index (κ1) is 20.9. The zero-order valence-electron chi connectivity index (χ0n) is 17.0. The second-order valence-electron chi connectivity index (χ2n) is 8.16. The predicted molar refractivity (Wildman–Crippen MR) is 113 cm³/mol. The lowest BCUT2D eigenvalue weighted by Gasteiger charge is -2.33. The molecule has 2 aromatic heterocycles. The Morgan fingerprint density at radius 3 is 2.79 bits per heavy atom. The number of fused-ring (bicyclic) bond motifs is 1. The van der Waals surface area contributed by atoms with Gasteiger partial charge in [-0.3, -0.25) is 4.79 Å². The van der Waals surface area contributed by atoms with Crippen molar-refractivity contribution in [2.75, 3.05) is 18.2 Å². The molecular weight excluding hydrogens is 394 g/mol. The van der Waals surface area contributed by atoms with Gasteiger partial charge in [0.05, 0.1) is 18.4 Å². The largest absolute Gasteiger partial charge is 0.465 e. The second-order valence-corrected chi connectivity index (χ2v) is 10.2. The highest BCUT2D eigenvalue weighted by molar-refractivity contribution is 7.99. The van der Waals surface area contributed by atoms with E-state index in [4.69, 9.17) is 4.74 Å². The molecule has 0 saturated carbocycles. The van der Waals surface area contributed by atoms with Crippen LogP contribution in [-0.4, -0.2) is 34.3 Å². The number of rotatable bonds is 5. The summed E-state index contributed by atoms with van der Waals surface area (Å²) in [5.74, 6) is 0.271. The van der Waals surface area contributed by atoms with Crippen LogP contribution in [0.15, 0.2) is 17.6 Å². The fourth-order valence-corrected chi connectivity index (χ4v) is 5.58. The van der Waals surface area contributed by atoms with E-state index in [2.05, 4.69) is 31.1 Å². The maximum atomic E-state index is 12.5. The average Bonchev–Trinajstić information content (AvgIpc) is 3.20. The van der Waals surface area contributed by atoms with Crippen LogP contribution in [0.3, 0.4) is 0 Å². The number of methoxy groups -OCH3 is 1. The van der Waals surface area contributed by atoms with Crippen LogP contribution in [0, 0.1) is 11.3 Å². The highest BCUT2D eigenvalue weighted by Crippen LogP contribution is 2.44. The van der Waals surface area contributed by atoms with Crippen LogP contribution in [0.1, 0.15) is 48.0 Å². The van der Waals surface area contributed by atoms with E-state index in [0.29, 0.717) is 16.5 Å². The van der Waals surface area contributed by atoms with Crippen LogP contribution in [0.5, 0.6) is 0 Å². The van der Waals surface area contributed by atoms with Crippen LogP contribution in [0.2, 0.25) is 0 Å². The van der Waals surface area contributed by atoms with Gasteiger partial charge in [-0.05, 0) is 36.2 Å². The van der Waals surface area contributed by atoms with Gasteiger partial charge in [0, 0.05) is 24.3 Å². The maximum Gasteiger partial charge on any atom is 0.341 e. The van der Waals surface area contributed by atoms with Gasteiger partial charge in [0.15, 0.2) is 5.16 Å². The minimum absolute atomic E-state index is 0.149. The number of aryl methyl sites for hydroxylation is 1. The zero-order valence-corrected chi connectivity index (χ0v) is 18.6. The molecule has 0 bridgehead atoms. The van der Waals surface area contributed by atoms with Crippen LogP contribution in [0.25, 0.3) is 0 Å². The Morgan fingerprint density at radius 2 is 2.18 bits per heavy atom. The smallest absolute Gasteiger partial charge is 0.341 e. The number of thioether (sulfide) groups is 1. The Balaban J connectivity index is 1.78. The van der Waals surface area contributed by atoms with Gasteiger partial charge in [0.25, 0.3) is 0 Å². The summed E-state index contributed by atoms with van der Waals surface area (Å²) < 4.78 is 6.88. The van der Waals surface area contributed by atoms with Crippen molar-refractivity contribution in [1.29, 1.82) is 0 Å². The summed E-state index contributed by atoms with van der Waals surface area (Å²) in [4.78, 5) is 30.3. The Morgan fingerprint density at radius 1 is 1.43 bits per heavy atom. The lowest BCUT2D eigenvalue weighted by atomic mass is 9.72. The predicted octanol–water partition coefficient (Wildman–Crippen LogP) is 4.15. The number of ether oxygens (including phenoxy) is 1. The number of nitrogens with one attached hydrogen (secondary N) is 1. The third-order valence-electron chi connectivity index (χ3n) is 5.24. The van der Waals surface area contributed by atoms with Crippen LogP contribution in [0.4, 0.5) is 5.00 Å². The third kappa shape index (κ3) is 4.43. The fraction of sp³-hybridized carbons (Fsp3) is 0.550. The number of hydrogen-bond donors (Lipinski definition) is 1. The Labute approximate surface area is 174 Å². The average molecular weight is 422 g/mol. The molecule has 1 N–H and O–H groups in total. The molecule has 152 valence electrons. The van der Waals surface area contributed by atoms with E-state index in [1.165, 1.54) is 35.1 Å². The Kier molecular flexibility index (Phi) is 6.19. The lowest BCUT2D eigenvalue weighted by molar-refractivity contribution is -0.113. The summed E-state index contributed by atoms with van der Waals surface area (Å²) in [6, 6.07) is 0. The molecule has 1 amide bonds. The summed E-state index contributed by atoms with van der Waals surface area (Å²) in [6.45, 7) is 6.78. The van der Waals surface area contributed by atoms with Crippen molar-refractivity contribution in [3.63, 3.8) is 0 Å². The zero-order chi connectivity index (χ0) is 20.5. The van der Waals surface area contributed by atoms with Crippen molar-refractivity contribution in [3.8, 4) is 0 Å². The van der Waals surface area contributed by atoms with Crippen LogP contribution < -0.4 is 5.32 Å². The summed E-state index contributed by atoms with van der Waals surface area (Å²) in [5, 5.41) is 4.33. The van der Waals surface area contributed by atoms with Gasteiger partial charge >= 0.3 is 5.97 Å². The van der Waals surface area contributed by atoms with Crippen molar-refractivity contribution in [2.24, 2.45) is 18.4 Å². The number of anilines is 1. The summed E-state index contributed by atoms with van der Waals surface area (Å²) in [6.07, 6.45) is 6.37. The van der Waals surface area contributed by atoms with Crippen molar-refractivity contribution < 1.29 is 14.3 Å². The number of carbonyl (C=O) groups is 2. The molecule has 0 spiro atoms. The molecule has 6 nitrogen and oxygen atoms in total. The van der Waals surface area contributed by atoms with Gasteiger partial charge in [-0.2, -0.15) is 0 Å². The molecule has 3 rings (SSSR count).